The summed E-state index contributed by atoms with van der Waals surface area (Å²) in [7, 11) is 3.62. The molecular weight excluding hydrogens is 322 g/mol. The van der Waals surface area contributed by atoms with E-state index in [4.69, 9.17) is 4.74 Å². The molecule has 0 aliphatic heterocycles. The van der Waals surface area contributed by atoms with E-state index in [9.17, 15) is 0 Å². The molecule has 2 rings (SSSR count). The standard InChI is InChI=1S/C13H20BrN5O/c1-4-15-12(10-7-16-18(2)9-10)13-11(14)8-17-19(13)5-6-20-3/h7-9,12,15H,4-6H2,1-3H3. The van der Waals surface area contributed by atoms with E-state index in [1.807, 2.05) is 35.0 Å². The van der Waals surface area contributed by atoms with Crippen molar-refractivity contribution in [3.8, 4) is 0 Å². The first kappa shape index (κ1) is 15.2. The van der Waals surface area contributed by atoms with Gasteiger partial charge in [-0.3, -0.25) is 9.36 Å². The summed E-state index contributed by atoms with van der Waals surface area (Å²) in [4.78, 5) is 0. The van der Waals surface area contributed by atoms with Gasteiger partial charge in [0, 0.05) is 25.9 Å². The number of halogens is 1. The Morgan fingerprint density at radius 2 is 2.20 bits per heavy atom. The lowest BCUT2D eigenvalue weighted by atomic mass is 10.1. The largest absolute Gasteiger partial charge is 0.383 e. The van der Waals surface area contributed by atoms with Crippen molar-refractivity contribution in [3.05, 3.63) is 34.3 Å². The Bertz CT molecular complexity index is 551. The lowest BCUT2D eigenvalue weighted by Gasteiger charge is -2.19. The third-order valence-electron chi connectivity index (χ3n) is 3.08. The molecule has 0 bridgehead atoms. The van der Waals surface area contributed by atoms with Crippen LogP contribution in [0.3, 0.4) is 0 Å². The van der Waals surface area contributed by atoms with Crippen LogP contribution in [0.2, 0.25) is 0 Å². The fraction of sp³-hybridized carbons (Fsp3) is 0.538. The summed E-state index contributed by atoms with van der Waals surface area (Å²) in [5, 5.41) is 12.2. The third kappa shape index (κ3) is 3.28. The maximum absolute atomic E-state index is 5.15. The van der Waals surface area contributed by atoms with E-state index in [2.05, 4.69) is 38.4 Å². The SMILES string of the molecule is CCNC(c1cnn(C)c1)c1c(Br)cnn1CCOC. The Kier molecular flexibility index (Phi) is 5.33. The van der Waals surface area contributed by atoms with Crippen LogP contribution in [0.4, 0.5) is 0 Å². The number of rotatable bonds is 7. The normalized spacial score (nSPS) is 12.8. The summed E-state index contributed by atoms with van der Waals surface area (Å²) in [6.45, 7) is 4.31. The van der Waals surface area contributed by atoms with E-state index >= 15 is 0 Å². The summed E-state index contributed by atoms with van der Waals surface area (Å²) < 4.78 is 9.91. The maximum atomic E-state index is 5.15. The Morgan fingerprint density at radius 3 is 2.80 bits per heavy atom. The van der Waals surface area contributed by atoms with Crippen molar-refractivity contribution in [2.24, 2.45) is 7.05 Å². The highest BCUT2D eigenvalue weighted by Crippen LogP contribution is 2.28. The number of aryl methyl sites for hydroxylation is 1. The molecule has 0 spiro atoms. The zero-order valence-electron chi connectivity index (χ0n) is 12.0. The lowest BCUT2D eigenvalue weighted by molar-refractivity contribution is 0.182. The van der Waals surface area contributed by atoms with Gasteiger partial charge >= 0.3 is 0 Å². The fourth-order valence-corrected chi connectivity index (χ4v) is 2.71. The average Bonchev–Trinajstić information content (AvgIpc) is 3.01. The second kappa shape index (κ2) is 7.01. The monoisotopic (exact) mass is 341 g/mol. The van der Waals surface area contributed by atoms with Gasteiger partial charge in [-0.15, -0.1) is 0 Å². The Labute approximate surface area is 127 Å². The van der Waals surface area contributed by atoms with E-state index in [0.29, 0.717) is 6.61 Å². The molecule has 20 heavy (non-hydrogen) atoms. The van der Waals surface area contributed by atoms with Crippen LogP contribution >= 0.6 is 15.9 Å². The second-order valence-electron chi connectivity index (χ2n) is 4.53. The van der Waals surface area contributed by atoms with Crippen molar-refractivity contribution >= 4 is 15.9 Å². The van der Waals surface area contributed by atoms with Gasteiger partial charge in [0.2, 0.25) is 0 Å². The van der Waals surface area contributed by atoms with Gasteiger partial charge in [-0.05, 0) is 22.5 Å². The molecule has 2 heterocycles. The highest BCUT2D eigenvalue weighted by atomic mass is 79.9. The zero-order chi connectivity index (χ0) is 14.5. The van der Waals surface area contributed by atoms with Crippen LogP contribution in [-0.2, 0) is 18.3 Å². The van der Waals surface area contributed by atoms with Gasteiger partial charge in [0.15, 0.2) is 0 Å². The lowest BCUT2D eigenvalue weighted by Crippen LogP contribution is -2.25. The predicted octanol–water partition coefficient (Wildman–Crippen LogP) is 1.72. The zero-order valence-corrected chi connectivity index (χ0v) is 13.6. The molecule has 1 atom stereocenters. The van der Waals surface area contributed by atoms with Crippen LogP contribution in [0.5, 0.6) is 0 Å². The molecule has 0 saturated carbocycles. The maximum Gasteiger partial charge on any atom is 0.0790 e. The first-order valence-electron chi connectivity index (χ1n) is 6.59. The molecule has 2 aromatic rings. The molecule has 0 aromatic carbocycles. The molecule has 0 amide bonds. The first-order valence-corrected chi connectivity index (χ1v) is 7.38. The van der Waals surface area contributed by atoms with E-state index in [1.54, 1.807) is 7.11 Å². The molecule has 1 N–H and O–H groups in total. The number of nitrogens with zero attached hydrogens (tertiary/aromatic N) is 4. The van der Waals surface area contributed by atoms with Gasteiger partial charge in [-0.2, -0.15) is 10.2 Å². The minimum absolute atomic E-state index is 0.0578. The van der Waals surface area contributed by atoms with Gasteiger partial charge in [0.1, 0.15) is 0 Å². The van der Waals surface area contributed by atoms with Crippen LogP contribution < -0.4 is 5.32 Å². The van der Waals surface area contributed by atoms with Gasteiger partial charge < -0.3 is 10.1 Å². The smallest absolute Gasteiger partial charge is 0.0790 e. The van der Waals surface area contributed by atoms with Crippen molar-refractivity contribution in [2.45, 2.75) is 19.5 Å². The fourth-order valence-electron chi connectivity index (χ4n) is 2.18. The van der Waals surface area contributed by atoms with E-state index in [1.165, 1.54) is 0 Å². The quantitative estimate of drug-likeness (QED) is 0.833. The molecule has 0 aliphatic carbocycles. The highest BCUT2D eigenvalue weighted by molar-refractivity contribution is 9.10. The van der Waals surface area contributed by atoms with Crippen molar-refractivity contribution < 1.29 is 4.74 Å². The Hall–Kier alpha value is -1.18. The molecule has 0 fully saturated rings. The molecule has 0 saturated heterocycles. The topological polar surface area (TPSA) is 56.9 Å². The molecule has 0 radical (unpaired) electrons. The molecule has 110 valence electrons. The molecule has 2 aromatic heterocycles. The van der Waals surface area contributed by atoms with Gasteiger partial charge in [-0.25, -0.2) is 0 Å². The number of aromatic nitrogens is 4. The van der Waals surface area contributed by atoms with Gasteiger partial charge in [0.05, 0.1) is 41.8 Å². The van der Waals surface area contributed by atoms with E-state index in [-0.39, 0.29) is 6.04 Å². The Balaban J connectivity index is 2.35. The highest BCUT2D eigenvalue weighted by Gasteiger charge is 2.22. The van der Waals surface area contributed by atoms with E-state index < -0.39 is 0 Å². The van der Waals surface area contributed by atoms with Crippen LogP contribution in [0.15, 0.2) is 23.1 Å². The van der Waals surface area contributed by atoms with Crippen LogP contribution in [0.1, 0.15) is 24.2 Å². The predicted molar refractivity (Wildman–Crippen MR) is 80.5 cm³/mol. The van der Waals surface area contributed by atoms with Crippen LogP contribution in [0, 0.1) is 0 Å². The first-order chi connectivity index (χ1) is 9.67. The van der Waals surface area contributed by atoms with Gasteiger partial charge in [0.25, 0.3) is 0 Å². The molecule has 7 heteroatoms. The third-order valence-corrected chi connectivity index (χ3v) is 3.69. The summed E-state index contributed by atoms with van der Waals surface area (Å²) in [5.41, 5.74) is 2.21. The van der Waals surface area contributed by atoms with Crippen LogP contribution in [0.25, 0.3) is 0 Å². The molecule has 1 unspecified atom stereocenters. The Morgan fingerprint density at radius 1 is 1.40 bits per heavy atom. The molecule has 6 nitrogen and oxygen atoms in total. The van der Waals surface area contributed by atoms with E-state index in [0.717, 1.165) is 28.8 Å². The average molecular weight is 342 g/mol. The van der Waals surface area contributed by atoms with Crippen molar-refractivity contribution in [2.75, 3.05) is 20.3 Å². The number of nitrogens with one attached hydrogen (secondary N) is 1. The summed E-state index contributed by atoms with van der Waals surface area (Å²) >= 11 is 3.59. The summed E-state index contributed by atoms with van der Waals surface area (Å²) in [6.07, 6.45) is 5.73. The molecular formula is C13H20BrN5O. The number of hydrogen-bond donors (Lipinski definition) is 1. The second-order valence-corrected chi connectivity index (χ2v) is 5.39. The molecule has 0 aliphatic rings. The minimum atomic E-state index is 0.0578. The summed E-state index contributed by atoms with van der Waals surface area (Å²) in [6, 6.07) is 0.0578. The number of hydrogen-bond acceptors (Lipinski definition) is 4. The summed E-state index contributed by atoms with van der Waals surface area (Å²) in [5.74, 6) is 0. The van der Waals surface area contributed by atoms with Gasteiger partial charge in [-0.1, -0.05) is 6.92 Å². The van der Waals surface area contributed by atoms with Crippen molar-refractivity contribution in [3.63, 3.8) is 0 Å². The van der Waals surface area contributed by atoms with Crippen molar-refractivity contribution in [1.82, 2.24) is 24.9 Å². The minimum Gasteiger partial charge on any atom is -0.383 e. The van der Waals surface area contributed by atoms with Crippen LogP contribution in [-0.4, -0.2) is 39.8 Å². The number of ether oxygens (including phenoxy) is 1. The number of methoxy groups -OCH3 is 1. The van der Waals surface area contributed by atoms with Crippen molar-refractivity contribution in [1.29, 1.82) is 0 Å².